The van der Waals surface area contributed by atoms with Crippen LogP contribution in [-0.2, 0) is 21.2 Å². The van der Waals surface area contributed by atoms with Gasteiger partial charge in [-0.2, -0.15) is 0 Å². The van der Waals surface area contributed by atoms with Crippen molar-refractivity contribution in [2.45, 2.75) is 37.7 Å². The summed E-state index contributed by atoms with van der Waals surface area (Å²) in [5.41, 5.74) is 0.305. The SMILES string of the molecule is CC(C)(C)OC(=O)NCCc1cn(S(=O)(=O)c2ccccc2)c2sccc12. The molecule has 3 rings (SSSR count). The number of benzene rings is 1. The molecular formula is C19H22N2O4S2. The van der Waals surface area contributed by atoms with Gasteiger partial charge in [0.2, 0.25) is 0 Å². The number of fused-ring (bicyclic) bond motifs is 1. The van der Waals surface area contributed by atoms with Crippen molar-refractivity contribution in [2.75, 3.05) is 6.54 Å². The van der Waals surface area contributed by atoms with Gasteiger partial charge >= 0.3 is 6.09 Å². The lowest BCUT2D eigenvalue weighted by atomic mass is 10.2. The molecule has 0 spiro atoms. The monoisotopic (exact) mass is 406 g/mol. The minimum atomic E-state index is -3.66. The van der Waals surface area contributed by atoms with Crippen LogP contribution in [0.25, 0.3) is 10.2 Å². The molecule has 6 nitrogen and oxygen atoms in total. The van der Waals surface area contributed by atoms with Gasteiger partial charge in [0.05, 0.1) is 4.90 Å². The first-order valence-corrected chi connectivity index (χ1v) is 10.9. The van der Waals surface area contributed by atoms with E-state index in [-0.39, 0.29) is 4.90 Å². The molecule has 1 N–H and O–H groups in total. The summed E-state index contributed by atoms with van der Waals surface area (Å²) in [5, 5.41) is 5.46. The fourth-order valence-corrected chi connectivity index (χ4v) is 5.23. The fourth-order valence-electron chi connectivity index (χ4n) is 2.68. The third kappa shape index (κ3) is 4.33. The molecule has 0 radical (unpaired) electrons. The molecule has 0 aliphatic carbocycles. The van der Waals surface area contributed by atoms with Gasteiger partial charge in [0.15, 0.2) is 0 Å². The van der Waals surface area contributed by atoms with Gasteiger partial charge in [-0.05, 0) is 56.3 Å². The highest BCUT2D eigenvalue weighted by Gasteiger charge is 2.22. The van der Waals surface area contributed by atoms with Gasteiger partial charge in [-0.25, -0.2) is 17.2 Å². The third-order valence-electron chi connectivity index (χ3n) is 3.83. The molecule has 8 heteroatoms. The number of rotatable bonds is 5. The lowest BCUT2D eigenvalue weighted by Crippen LogP contribution is -2.33. The second kappa shape index (κ2) is 7.36. The number of hydrogen-bond donors (Lipinski definition) is 1. The molecular weight excluding hydrogens is 384 g/mol. The first-order chi connectivity index (χ1) is 12.7. The second-order valence-electron chi connectivity index (χ2n) is 7.09. The van der Waals surface area contributed by atoms with Crippen LogP contribution in [-0.4, -0.2) is 30.6 Å². The molecule has 0 unspecified atom stereocenters. The quantitative estimate of drug-likeness (QED) is 0.695. The van der Waals surface area contributed by atoms with Gasteiger partial charge in [0, 0.05) is 18.1 Å². The van der Waals surface area contributed by atoms with Crippen molar-refractivity contribution in [3.05, 3.63) is 53.5 Å². The van der Waals surface area contributed by atoms with Crippen LogP contribution in [0.2, 0.25) is 0 Å². The number of nitrogens with zero attached hydrogens (tertiary/aromatic N) is 1. The highest BCUT2D eigenvalue weighted by molar-refractivity contribution is 7.90. The highest BCUT2D eigenvalue weighted by Crippen LogP contribution is 2.30. The number of amides is 1. The minimum absolute atomic E-state index is 0.244. The second-order valence-corrected chi connectivity index (χ2v) is 9.80. The average molecular weight is 407 g/mol. The van der Waals surface area contributed by atoms with Crippen LogP contribution in [0, 0.1) is 0 Å². The van der Waals surface area contributed by atoms with E-state index in [0.717, 1.165) is 10.9 Å². The van der Waals surface area contributed by atoms with Crippen LogP contribution < -0.4 is 5.32 Å². The van der Waals surface area contributed by atoms with E-state index in [1.165, 1.54) is 15.3 Å². The highest BCUT2D eigenvalue weighted by atomic mass is 32.2. The van der Waals surface area contributed by atoms with Gasteiger partial charge in [-0.1, -0.05) is 18.2 Å². The smallest absolute Gasteiger partial charge is 0.407 e. The molecule has 1 aromatic carbocycles. The van der Waals surface area contributed by atoms with Gasteiger partial charge in [-0.15, -0.1) is 11.3 Å². The Morgan fingerprint density at radius 3 is 2.56 bits per heavy atom. The number of hydrogen-bond acceptors (Lipinski definition) is 5. The van der Waals surface area contributed by atoms with Crippen molar-refractivity contribution < 1.29 is 17.9 Å². The molecule has 0 saturated carbocycles. The van der Waals surface area contributed by atoms with E-state index in [2.05, 4.69) is 5.32 Å². The van der Waals surface area contributed by atoms with Crippen LogP contribution >= 0.6 is 11.3 Å². The number of aromatic nitrogens is 1. The maximum Gasteiger partial charge on any atom is 0.407 e. The maximum atomic E-state index is 13.0. The average Bonchev–Trinajstić information content (AvgIpc) is 3.17. The summed E-state index contributed by atoms with van der Waals surface area (Å²) in [6.45, 7) is 5.76. The van der Waals surface area contributed by atoms with Crippen molar-refractivity contribution in [2.24, 2.45) is 0 Å². The Bertz CT molecular complexity index is 1040. The number of carbonyl (C=O) groups is 1. The van der Waals surface area contributed by atoms with Crippen LogP contribution in [0.15, 0.2) is 52.9 Å². The molecule has 0 saturated heterocycles. The lowest BCUT2D eigenvalue weighted by Gasteiger charge is -2.19. The normalized spacial score (nSPS) is 12.3. The topological polar surface area (TPSA) is 77.4 Å². The largest absolute Gasteiger partial charge is 0.444 e. The van der Waals surface area contributed by atoms with Gasteiger partial charge in [0.25, 0.3) is 10.0 Å². The zero-order valence-electron chi connectivity index (χ0n) is 15.4. The molecule has 27 heavy (non-hydrogen) atoms. The summed E-state index contributed by atoms with van der Waals surface area (Å²) in [6.07, 6.45) is 1.66. The van der Waals surface area contributed by atoms with E-state index in [1.807, 2.05) is 11.4 Å². The minimum Gasteiger partial charge on any atom is -0.444 e. The Hall–Kier alpha value is -2.32. The summed E-state index contributed by atoms with van der Waals surface area (Å²) in [6, 6.07) is 10.3. The molecule has 0 aliphatic heterocycles. The van der Waals surface area contributed by atoms with Gasteiger partial charge in [0.1, 0.15) is 10.4 Å². The van der Waals surface area contributed by atoms with Gasteiger partial charge in [-0.3, -0.25) is 0 Å². The van der Waals surface area contributed by atoms with Crippen molar-refractivity contribution in [3.8, 4) is 0 Å². The summed E-state index contributed by atoms with van der Waals surface area (Å²) in [4.78, 5) is 12.7. The summed E-state index contributed by atoms with van der Waals surface area (Å²) < 4.78 is 32.5. The van der Waals surface area contributed by atoms with Crippen molar-refractivity contribution in [1.82, 2.24) is 9.29 Å². The summed E-state index contributed by atoms with van der Waals surface area (Å²) in [7, 11) is -3.66. The number of nitrogens with one attached hydrogen (secondary N) is 1. The molecule has 0 atom stereocenters. The molecule has 0 bridgehead atoms. The Kier molecular flexibility index (Phi) is 5.30. The van der Waals surface area contributed by atoms with E-state index >= 15 is 0 Å². The van der Waals surface area contributed by atoms with Crippen molar-refractivity contribution in [3.63, 3.8) is 0 Å². The molecule has 3 aromatic rings. The standard InChI is InChI=1S/C19H22N2O4S2/c1-19(2,3)25-18(22)20-11-9-14-13-21(17-16(14)10-12-26-17)27(23,24)15-7-5-4-6-8-15/h4-8,10,12-13H,9,11H2,1-3H3,(H,20,22). The number of thiophene rings is 1. The maximum absolute atomic E-state index is 13.0. The first-order valence-electron chi connectivity index (χ1n) is 8.53. The van der Waals surface area contributed by atoms with Crippen LogP contribution in [0.4, 0.5) is 4.79 Å². The van der Waals surface area contributed by atoms with Crippen LogP contribution in [0.3, 0.4) is 0 Å². The molecule has 0 fully saturated rings. The Morgan fingerprint density at radius 2 is 1.89 bits per heavy atom. The van der Waals surface area contributed by atoms with Gasteiger partial charge < -0.3 is 10.1 Å². The summed E-state index contributed by atoms with van der Waals surface area (Å²) in [5.74, 6) is 0. The van der Waals surface area contributed by atoms with Crippen LogP contribution in [0.1, 0.15) is 26.3 Å². The van der Waals surface area contributed by atoms with E-state index in [9.17, 15) is 13.2 Å². The summed E-state index contributed by atoms with van der Waals surface area (Å²) >= 11 is 1.38. The molecule has 2 heterocycles. The molecule has 0 aliphatic rings. The zero-order chi connectivity index (χ0) is 19.7. The predicted molar refractivity (Wildman–Crippen MR) is 107 cm³/mol. The van der Waals surface area contributed by atoms with Crippen LogP contribution in [0.5, 0.6) is 0 Å². The third-order valence-corrected chi connectivity index (χ3v) is 6.53. The fraction of sp³-hybridized carbons (Fsp3) is 0.316. The van der Waals surface area contributed by atoms with E-state index in [4.69, 9.17) is 4.74 Å². The van der Waals surface area contributed by atoms with Crippen molar-refractivity contribution in [1.29, 1.82) is 0 Å². The predicted octanol–water partition coefficient (Wildman–Crippen LogP) is 4.01. The number of ether oxygens (including phenoxy) is 1. The Morgan fingerprint density at radius 1 is 1.19 bits per heavy atom. The van der Waals surface area contributed by atoms with Crippen molar-refractivity contribution >= 4 is 37.7 Å². The number of carbonyl (C=O) groups excluding carboxylic acids is 1. The Labute approximate surface area is 162 Å². The molecule has 2 aromatic heterocycles. The lowest BCUT2D eigenvalue weighted by molar-refractivity contribution is 0.0528. The number of alkyl carbamates (subject to hydrolysis) is 1. The molecule has 144 valence electrons. The van der Waals surface area contributed by atoms with E-state index in [1.54, 1.807) is 57.3 Å². The first kappa shape index (κ1) is 19.4. The Balaban J connectivity index is 1.81. The van der Waals surface area contributed by atoms with E-state index in [0.29, 0.717) is 17.8 Å². The molecule has 1 amide bonds. The zero-order valence-corrected chi connectivity index (χ0v) is 17.1. The van der Waals surface area contributed by atoms with E-state index < -0.39 is 21.7 Å².